The first kappa shape index (κ1) is 11.3. The van der Waals surface area contributed by atoms with E-state index in [9.17, 15) is 4.79 Å². The number of ether oxygens (including phenoxy) is 1. The van der Waals surface area contributed by atoms with Gasteiger partial charge < -0.3 is 15.4 Å². The normalized spacial score (nSPS) is 27.0. The zero-order valence-corrected chi connectivity index (χ0v) is 9.01. The molecule has 2 N–H and O–H groups in total. The summed E-state index contributed by atoms with van der Waals surface area (Å²) >= 11 is 0. The van der Waals surface area contributed by atoms with Crippen LogP contribution >= 0.6 is 0 Å². The first-order valence-corrected chi connectivity index (χ1v) is 5.27. The second kappa shape index (κ2) is 5.86. The van der Waals surface area contributed by atoms with Gasteiger partial charge in [-0.05, 0) is 18.8 Å². The molecule has 0 aromatic heterocycles. The number of nitrogens with one attached hydrogen (secondary N) is 2. The van der Waals surface area contributed by atoms with Gasteiger partial charge in [-0.3, -0.25) is 0 Å². The van der Waals surface area contributed by atoms with Crippen LogP contribution < -0.4 is 10.6 Å². The van der Waals surface area contributed by atoms with E-state index in [0.29, 0.717) is 12.0 Å². The van der Waals surface area contributed by atoms with Gasteiger partial charge in [0.2, 0.25) is 0 Å². The highest BCUT2D eigenvalue weighted by atomic mass is 16.5. The molecule has 1 saturated carbocycles. The van der Waals surface area contributed by atoms with E-state index in [0.717, 1.165) is 6.42 Å². The van der Waals surface area contributed by atoms with Crippen molar-refractivity contribution in [1.29, 1.82) is 0 Å². The van der Waals surface area contributed by atoms with Crippen molar-refractivity contribution in [1.82, 2.24) is 10.6 Å². The van der Waals surface area contributed by atoms with Crippen LogP contribution in [0.15, 0.2) is 0 Å². The number of urea groups is 1. The molecular weight excluding hydrogens is 180 g/mol. The molecule has 4 heteroatoms. The van der Waals surface area contributed by atoms with E-state index < -0.39 is 0 Å². The molecule has 0 aromatic rings. The molecule has 0 aliphatic heterocycles. The van der Waals surface area contributed by atoms with Crippen molar-refractivity contribution in [2.24, 2.45) is 5.92 Å². The molecule has 1 rings (SSSR count). The lowest BCUT2D eigenvalue weighted by Crippen LogP contribution is -2.46. The molecular formula is C10H20N2O2. The lowest BCUT2D eigenvalue weighted by molar-refractivity contribution is 0.167. The van der Waals surface area contributed by atoms with E-state index in [4.69, 9.17) is 4.74 Å². The van der Waals surface area contributed by atoms with Crippen molar-refractivity contribution in [3.63, 3.8) is 0 Å². The van der Waals surface area contributed by atoms with Gasteiger partial charge in [0, 0.05) is 13.2 Å². The summed E-state index contributed by atoms with van der Waals surface area (Å²) in [5.74, 6) is 0.594. The van der Waals surface area contributed by atoms with Crippen LogP contribution in [0.2, 0.25) is 0 Å². The number of rotatable bonds is 3. The van der Waals surface area contributed by atoms with Crippen LogP contribution in [0.25, 0.3) is 0 Å². The van der Waals surface area contributed by atoms with Gasteiger partial charge in [-0.2, -0.15) is 0 Å². The van der Waals surface area contributed by atoms with Gasteiger partial charge in [0.05, 0.1) is 0 Å². The molecule has 1 aliphatic rings. The van der Waals surface area contributed by atoms with E-state index in [2.05, 4.69) is 17.6 Å². The smallest absolute Gasteiger partial charge is 0.316 e. The predicted molar refractivity (Wildman–Crippen MR) is 55.0 cm³/mol. The van der Waals surface area contributed by atoms with Crippen LogP contribution in [0.1, 0.15) is 32.6 Å². The fraction of sp³-hybridized carbons (Fsp3) is 0.900. The summed E-state index contributed by atoms with van der Waals surface area (Å²) in [7, 11) is 1.56. The highest BCUT2D eigenvalue weighted by Crippen LogP contribution is 2.23. The first-order chi connectivity index (χ1) is 6.74. The Kier molecular flexibility index (Phi) is 4.73. The molecule has 4 nitrogen and oxygen atoms in total. The van der Waals surface area contributed by atoms with E-state index in [1.807, 2.05) is 0 Å². The molecule has 2 unspecified atom stereocenters. The Hall–Kier alpha value is -0.770. The second-order valence-corrected chi connectivity index (χ2v) is 3.95. The third kappa shape index (κ3) is 3.54. The van der Waals surface area contributed by atoms with Gasteiger partial charge >= 0.3 is 6.03 Å². The Morgan fingerprint density at radius 1 is 1.43 bits per heavy atom. The monoisotopic (exact) mass is 200 g/mol. The summed E-state index contributed by atoms with van der Waals surface area (Å²) < 4.78 is 4.76. The Balaban J connectivity index is 2.23. The van der Waals surface area contributed by atoms with Crippen LogP contribution in [0.4, 0.5) is 4.79 Å². The summed E-state index contributed by atoms with van der Waals surface area (Å²) in [6.45, 7) is 2.47. The van der Waals surface area contributed by atoms with Gasteiger partial charge in [0.1, 0.15) is 6.73 Å². The Morgan fingerprint density at radius 2 is 2.14 bits per heavy atom. The van der Waals surface area contributed by atoms with Gasteiger partial charge in [0.25, 0.3) is 0 Å². The molecule has 2 amide bonds. The lowest BCUT2D eigenvalue weighted by atomic mass is 9.86. The number of carbonyl (C=O) groups excluding carboxylic acids is 1. The summed E-state index contributed by atoms with van der Waals surface area (Å²) in [5, 5.41) is 5.60. The maximum atomic E-state index is 11.3. The third-order valence-electron chi connectivity index (χ3n) is 2.81. The van der Waals surface area contributed by atoms with Crippen molar-refractivity contribution < 1.29 is 9.53 Å². The van der Waals surface area contributed by atoms with Crippen molar-refractivity contribution >= 4 is 6.03 Å². The summed E-state index contributed by atoms with van der Waals surface area (Å²) in [4.78, 5) is 11.3. The minimum absolute atomic E-state index is 0.120. The Morgan fingerprint density at radius 3 is 2.79 bits per heavy atom. The maximum Gasteiger partial charge on any atom is 0.316 e. The zero-order chi connectivity index (χ0) is 10.4. The fourth-order valence-electron chi connectivity index (χ4n) is 1.89. The van der Waals surface area contributed by atoms with Gasteiger partial charge in [-0.1, -0.05) is 19.8 Å². The van der Waals surface area contributed by atoms with E-state index >= 15 is 0 Å². The van der Waals surface area contributed by atoms with Gasteiger partial charge in [0.15, 0.2) is 0 Å². The van der Waals surface area contributed by atoms with Crippen molar-refractivity contribution in [3.05, 3.63) is 0 Å². The van der Waals surface area contributed by atoms with Crippen LogP contribution in [-0.2, 0) is 4.74 Å². The van der Waals surface area contributed by atoms with Crippen LogP contribution in [0.3, 0.4) is 0 Å². The molecule has 1 fully saturated rings. The topological polar surface area (TPSA) is 50.4 Å². The zero-order valence-electron chi connectivity index (χ0n) is 9.01. The standard InChI is InChI=1S/C10H20N2O2/c1-8-5-3-4-6-9(8)12-10(13)11-7-14-2/h8-9H,3-7H2,1-2H3,(H2,11,12,13). The summed E-state index contributed by atoms with van der Waals surface area (Å²) in [6, 6.07) is 0.214. The fourth-order valence-corrected chi connectivity index (χ4v) is 1.89. The molecule has 2 atom stereocenters. The SMILES string of the molecule is COCNC(=O)NC1CCCCC1C. The Bertz CT molecular complexity index is 185. The highest BCUT2D eigenvalue weighted by Gasteiger charge is 2.22. The average Bonchev–Trinajstić information content (AvgIpc) is 2.18. The van der Waals surface area contributed by atoms with Crippen LogP contribution in [0, 0.1) is 5.92 Å². The Labute approximate surface area is 85.4 Å². The summed E-state index contributed by atoms with van der Waals surface area (Å²) in [6.07, 6.45) is 4.83. The minimum atomic E-state index is -0.120. The molecule has 0 bridgehead atoms. The second-order valence-electron chi connectivity index (χ2n) is 3.95. The highest BCUT2D eigenvalue weighted by molar-refractivity contribution is 5.74. The maximum absolute atomic E-state index is 11.3. The molecule has 14 heavy (non-hydrogen) atoms. The van der Waals surface area contributed by atoms with Crippen molar-refractivity contribution in [2.75, 3.05) is 13.8 Å². The van der Waals surface area contributed by atoms with E-state index in [-0.39, 0.29) is 12.8 Å². The molecule has 0 heterocycles. The number of amides is 2. The van der Waals surface area contributed by atoms with Crippen molar-refractivity contribution in [2.45, 2.75) is 38.6 Å². The molecule has 0 spiro atoms. The molecule has 0 saturated heterocycles. The quantitative estimate of drug-likeness (QED) is 0.678. The van der Waals surface area contributed by atoms with E-state index in [1.54, 1.807) is 7.11 Å². The summed E-state index contributed by atoms with van der Waals surface area (Å²) in [5.41, 5.74) is 0. The molecule has 0 radical (unpaired) electrons. The lowest BCUT2D eigenvalue weighted by Gasteiger charge is -2.29. The van der Waals surface area contributed by atoms with Gasteiger partial charge in [-0.25, -0.2) is 4.79 Å². The van der Waals surface area contributed by atoms with Crippen molar-refractivity contribution in [3.8, 4) is 0 Å². The first-order valence-electron chi connectivity index (χ1n) is 5.27. The number of methoxy groups -OCH3 is 1. The predicted octanol–water partition coefficient (Wildman–Crippen LogP) is 1.47. The molecule has 82 valence electrons. The van der Waals surface area contributed by atoms with Crippen LogP contribution in [0.5, 0.6) is 0 Å². The third-order valence-corrected chi connectivity index (χ3v) is 2.81. The largest absolute Gasteiger partial charge is 0.364 e. The van der Waals surface area contributed by atoms with Gasteiger partial charge in [-0.15, -0.1) is 0 Å². The number of hydrogen-bond acceptors (Lipinski definition) is 2. The van der Waals surface area contributed by atoms with Crippen LogP contribution in [-0.4, -0.2) is 25.9 Å². The number of carbonyl (C=O) groups is 1. The number of hydrogen-bond donors (Lipinski definition) is 2. The molecule has 0 aromatic carbocycles. The molecule has 1 aliphatic carbocycles. The van der Waals surface area contributed by atoms with E-state index in [1.165, 1.54) is 19.3 Å². The minimum Gasteiger partial charge on any atom is -0.364 e. The average molecular weight is 200 g/mol.